The summed E-state index contributed by atoms with van der Waals surface area (Å²) in [5.74, 6) is 1.33. The van der Waals surface area contributed by atoms with Gasteiger partial charge in [0.15, 0.2) is 0 Å². The van der Waals surface area contributed by atoms with Crippen molar-refractivity contribution in [3.8, 4) is 11.4 Å². The van der Waals surface area contributed by atoms with Crippen molar-refractivity contribution in [2.45, 2.75) is 13.3 Å². The summed E-state index contributed by atoms with van der Waals surface area (Å²) in [6, 6.07) is 11.7. The highest BCUT2D eigenvalue weighted by atomic mass is 16.5. The Balaban J connectivity index is 1.39. The minimum absolute atomic E-state index is 0.0660. The summed E-state index contributed by atoms with van der Waals surface area (Å²) in [5, 5.41) is 4.01. The minimum atomic E-state index is 0.0660. The molecule has 0 radical (unpaired) electrons. The van der Waals surface area contributed by atoms with E-state index in [4.69, 9.17) is 4.52 Å². The van der Waals surface area contributed by atoms with Gasteiger partial charge >= 0.3 is 0 Å². The fourth-order valence-corrected chi connectivity index (χ4v) is 3.18. The van der Waals surface area contributed by atoms with Crippen LogP contribution in [0.5, 0.6) is 0 Å². The van der Waals surface area contributed by atoms with E-state index in [0.717, 1.165) is 30.8 Å². The van der Waals surface area contributed by atoms with Crippen LogP contribution < -0.4 is 4.90 Å². The van der Waals surface area contributed by atoms with Gasteiger partial charge in [0.25, 0.3) is 5.91 Å². The number of piperazine rings is 1. The van der Waals surface area contributed by atoms with Gasteiger partial charge in [-0.15, -0.1) is 0 Å². The van der Waals surface area contributed by atoms with Crippen molar-refractivity contribution in [1.82, 2.24) is 20.0 Å². The second kappa shape index (κ2) is 7.57. The van der Waals surface area contributed by atoms with Crippen molar-refractivity contribution in [2.24, 2.45) is 0 Å². The van der Waals surface area contributed by atoms with Gasteiger partial charge in [-0.3, -0.25) is 9.78 Å². The van der Waals surface area contributed by atoms with E-state index < -0.39 is 0 Å². The molecule has 1 amide bonds. The Labute approximate surface area is 157 Å². The number of aromatic nitrogens is 3. The van der Waals surface area contributed by atoms with Gasteiger partial charge < -0.3 is 14.3 Å². The molecule has 0 unspecified atom stereocenters. The van der Waals surface area contributed by atoms with E-state index in [0.29, 0.717) is 30.4 Å². The van der Waals surface area contributed by atoms with Crippen LogP contribution in [0.25, 0.3) is 11.4 Å². The monoisotopic (exact) mass is 363 g/mol. The average molecular weight is 363 g/mol. The smallest absolute Gasteiger partial charge is 0.254 e. The predicted molar refractivity (Wildman–Crippen MR) is 101 cm³/mol. The van der Waals surface area contributed by atoms with Crippen LogP contribution in [0.3, 0.4) is 0 Å². The average Bonchev–Trinajstić information content (AvgIpc) is 3.23. The molecule has 1 aromatic carbocycles. The summed E-state index contributed by atoms with van der Waals surface area (Å²) in [7, 11) is 0. The van der Waals surface area contributed by atoms with Gasteiger partial charge in [0.2, 0.25) is 11.7 Å². The minimum Gasteiger partial charge on any atom is -0.368 e. The Kier molecular flexibility index (Phi) is 4.82. The SMILES string of the molecule is CCc1nc(-c2ccc(N3CCN(C(=O)c4ccncc4)CC3)cc2)no1. The third kappa shape index (κ3) is 3.67. The number of anilines is 1. The summed E-state index contributed by atoms with van der Waals surface area (Å²) in [6.07, 6.45) is 4.03. The van der Waals surface area contributed by atoms with Crippen LogP contribution in [0.1, 0.15) is 23.2 Å². The second-order valence-electron chi connectivity index (χ2n) is 6.43. The molecule has 4 rings (SSSR count). The van der Waals surface area contributed by atoms with E-state index in [-0.39, 0.29) is 5.91 Å². The van der Waals surface area contributed by atoms with Crippen LogP contribution in [-0.4, -0.2) is 52.1 Å². The van der Waals surface area contributed by atoms with Gasteiger partial charge in [-0.25, -0.2) is 0 Å². The lowest BCUT2D eigenvalue weighted by Gasteiger charge is -2.36. The Bertz CT molecular complexity index is 900. The third-order valence-corrected chi connectivity index (χ3v) is 4.76. The number of hydrogen-bond acceptors (Lipinski definition) is 6. The molecule has 0 spiro atoms. The molecule has 7 nitrogen and oxygen atoms in total. The second-order valence-corrected chi connectivity index (χ2v) is 6.43. The number of hydrogen-bond donors (Lipinski definition) is 0. The van der Waals surface area contributed by atoms with E-state index in [1.54, 1.807) is 24.5 Å². The van der Waals surface area contributed by atoms with Crippen LogP contribution in [0, 0.1) is 0 Å². The molecular formula is C20H21N5O2. The fraction of sp³-hybridized carbons (Fsp3) is 0.300. The first-order valence-corrected chi connectivity index (χ1v) is 9.12. The highest BCUT2D eigenvalue weighted by molar-refractivity contribution is 5.94. The molecule has 2 aromatic heterocycles. The summed E-state index contributed by atoms with van der Waals surface area (Å²) >= 11 is 0. The molecule has 0 aliphatic carbocycles. The van der Waals surface area contributed by atoms with Crippen molar-refractivity contribution in [1.29, 1.82) is 0 Å². The summed E-state index contributed by atoms with van der Waals surface area (Å²) < 4.78 is 5.17. The van der Waals surface area contributed by atoms with Crippen LogP contribution >= 0.6 is 0 Å². The molecular weight excluding hydrogens is 342 g/mol. The molecule has 27 heavy (non-hydrogen) atoms. The largest absolute Gasteiger partial charge is 0.368 e. The molecule has 0 saturated carbocycles. The van der Waals surface area contributed by atoms with E-state index in [9.17, 15) is 4.79 Å². The maximum atomic E-state index is 12.5. The summed E-state index contributed by atoms with van der Waals surface area (Å²) in [4.78, 5) is 25.0. The normalized spacial score (nSPS) is 14.4. The Morgan fingerprint density at radius 2 is 1.74 bits per heavy atom. The zero-order chi connectivity index (χ0) is 18.6. The highest BCUT2D eigenvalue weighted by Gasteiger charge is 2.22. The van der Waals surface area contributed by atoms with E-state index in [2.05, 4.69) is 32.2 Å². The highest BCUT2D eigenvalue weighted by Crippen LogP contribution is 2.22. The Morgan fingerprint density at radius 3 is 2.37 bits per heavy atom. The van der Waals surface area contributed by atoms with E-state index in [1.807, 2.05) is 24.0 Å². The Morgan fingerprint density at radius 1 is 1.04 bits per heavy atom. The van der Waals surface area contributed by atoms with Crippen molar-refractivity contribution in [3.05, 3.63) is 60.2 Å². The molecule has 0 atom stereocenters. The number of rotatable bonds is 4. The maximum Gasteiger partial charge on any atom is 0.254 e. The zero-order valence-corrected chi connectivity index (χ0v) is 15.2. The number of aryl methyl sites for hydroxylation is 1. The molecule has 138 valence electrons. The van der Waals surface area contributed by atoms with Gasteiger partial charge in [-0.05, 0) is 36.4 Å². The summed E-state index contributed by atoms with van der Waals surface area (Å²) in [6.45, 7) is 5.00. The number of amides is 1. The van der Waals surface area contributed by atoms with Gasteiger partial charge in [-0.2, -0.15) is 4.98 Å². The first kappa shape index (κ1) is 17.2. The lowest BCUT2D eigenvalue weighted by atomic mass is 10.1. The van der Waals surface area contributed by atoms with Crippen molar-refractivity contribution < 1.29 is 9.32 Å². The number of nitrogens with zero attached hydrogens (tertiary/aromatic N) is 5. The van der Waals surface area contributed by atoms with Gasteiger partial charge in [0.1, 0.15) is 0 Å². The summed E-state index contributed by atoms with van der Waals surface area (Å²) in [5.41, 5.74) is 2.76. The molecule has 1 aliphatic heterocycles. The molecule has 0 N–H and O–H groups in total. The number of pyridine rings is 1. The van der Waals surface area contributed by atoms with Crippen LogP contribution in [0.4, 0.5) is 5.69 Å². The number of benzene rings is 1. The molecule has 1 fully saturated rings. The molecule has 1 saturated heterocycles. The van der Waals surface area contributed by atoms with Gasteiger partial charge in [0, 0.05) is 61.8 Å². The fourth-order valence-electron chi connectivity index (χ4n) is 3.18. The first-order chi connectivity index (χ1) is 13.2. The zero-order valence-electron chi connectivity index (χ0n) is 15.2. The van der Waals surface area contributed by atoms with Crippen molar-refractivity contribution in [2.75, 3.05) is 31.1 Å². The molecule has 0 bridgehead atoms. The predicted octanol–water partition coefficient (Wildman–Crippen LogP) is 2.66. The van der Waals surface area contributed by atoms with Gasteiger partial charge in [0.05, 0.1) is 0 Å². The number of carbonyl (C=O) groups excluding carboxylic acids is 1. The van der Waals surface area contributed by atoms with E-state index in [1.165, 1.54) is 0 Å². The number of carbonyl (C=O) groups is 1. The first-order valence-electron chi connectivity index (χ1n) is 9.12. The topological polar surface area (TPSA) is 75.4 Å². The molecule has 3 aromatic rings. The molecule has 3 heterocycles. The quantitative estimate of drug-likeness (QED) is 0.709. The Hall–Kier alpha value is -3.22. The third-order valence-electron chi connectivity index (χ3n) is 4.76. The molecule has 1 aliphatic rings. The van der Waals surface area contributed by atoms with Crippen molar-refractivity contribution >= 4 is 11.6 Å². The van der Waals surface area contributed by atoms with Crippen LogP contribution in [0.2, 0.25) is 0 Å². The van der Waals surface area contributed by atoms with Crippen LogP contribution in [0.15, 0.2) is 53.3 Å². The lowest BCUT2D eigenvalue weighted by molar-refractivity contribution is 0.0746. The van der Waals surface area contributed by atoms with Crippen LogP contribution in [-0.2, 0) is 6.42 Å². The lowest BCUT2D eigenvalue weighted by Crippen LogP contribution is -2.48. The molecule has 7 heteroatoms. The van der Waals surface area contributed by atoms with Crippen molar-refractivity contribution in [3.63, 3.8) is 0 Å². The standard InChI is InChI=1S/C20H21N5O2/c1-2-18-22-19(23-27-18)15-3-5-17(6-4-15)24-11-13-25(14-12-24)20(26)16-7-9-21-10-8-16/h3-10H,2,11-14H2,1H3. The van der Waals surface area contributed by atoms with E-state index >= 15 is 0 Å². The van der Waals surface area contributed by atoms with Gasteiger partial charge in [-0.1, -0.05) is 12.1 Å². The maximum absolute atomic E-state index is 12.5.